The molecule has 126 valence electrons. The molecule has 1 N–H and O–H groups in total. The van der Waals surface area contributed by atoms with Crippen LogP contribution in [-0.4, -0.2) is 51.5 Å². The Morgan fingerprint density at radius 3 is 2.82 bits per heavy atom. The summed E-state index contributed by atoms with van der Waals surface area (Å²) >= 11 is 1.09. The van der Waals surface area contributed by atoms with Gasteiger partial charge in [0.15, 0.2) is 0 Å². The number of carbonyl (C=O) groups is 1. The molecule has 0 radical (unpaired) electrons. The van der Waals surface area contributed by atoms with Crippen LogP contribution in [-0.2, 0) is 14.8 Å². The molecule has 0 spiro atoms. The number of esters is 1. The van der Waals surface area contributed by atoms with Crippen LogP contribution in [0.15, 0.2) is 16.3 Å². The highest BCUT2D eigenvalue weighted by molar-refractivity contribution is 7.89. The van der Waals surface area contributed by atoms with Crippen LogP contribution in [0.2, 0.25) is 0 Å². The number of thiophene rings is 1. The quantitative estimate of drug-likeness (QED) is 0.774. The summed E-state index contributed by atoms with van der Waals surface area (Å²) in [6.07, 6.45) is 1.57. The summed E-state index contributed by atoms with van der Waals surface area (Å²) in [6, 6.07) is 1.38. The number of nitrogens with zero attached hydrogens (tertiary/aromatic N) is 1. The molecule has 1 aromatic rings. The first-order valence-corrected chi connectivity index (χ1v) is 9.22. The van der Waals surface area contributed by atoms with Gasteiger partial charge in [0.25, 0.3) is 0 Å². The fourth-order valence-electron chi connectivity index (χ4n) is 2.40. The summed E-state index contributed by atoms with van der Waals surface area (Å²) in [5, 5.41) is 4.70. The summed E-state index contributed by atoms with van der Waals surface area (Å²) in [5.74, 6) is -0.508. The van der Waals surface area contributed by atoms with Crippen LogP contribution in [0.5, 0.6) is 0 Å². The number of rotatable bonds is 6. The van der Waals surface area contributed by atoms with E-state index >= 15 is 0 Å². The van der Waals surface area contributed by atoms with E-state index < -0.39 is 16.0 Å². The first kappa shape index (κ1) is 19.4. The fraction of sp³-hybridized carbons (Fsp3) is 0.615. The van der Waals surface area contributed by atoms with E-state index in [4.69, 9.17) is 0 Å². The number of ether oxygens (including phenoxy) is 1. The molecule has 1 aliphatic heterocycles. The SMILES string of the molecule is CCCN(C1CCNC1)S(=O)(=O)c1csc(C(=O)OC)c1.Cl. The summed E-state index contributed by atoms with van der Waals surface area (Å²) in [4.78, 5) is 12.0. The third-order valence-electron chi connectivity index (χ3n) is 3.45. The zero-order valence-electron chi connectivity index (χ0n) is 12.6. The molecule has 1 aromatic heterocycles. The minimum atomic E-state index is -3.57. The first-order chi connectivity index (χ1) is 10.0. The van der Waals surface area contributed by atoms with Crippen LogP contribution < -0.4 is 5.32 Å². The first-order valence-electron chi connectivity index (χ1n) is 6.90. The Morgan fingerprint density at radius 1 is 1.55 bits per heavy atom. The van der Waals surface area contributed by atoms with Gasteiger partial charge in [0, 0.05) is 24.5 Å². The van der Waals surface area contributed by atoms with Crippen LogP contribution >= 0.6 is 23.7 Å². The number of hydrogen-bond acceptors (Lipinski definition) is 6. The normalized spacial score (nSPS) is 18.2. The number of nitrogens with one attached hydrogen (secondary N) is 1. The zero-order valence-corrected chi connectivity index (χ0v) is 15.0. The number of sulfonamides is 1. The van der Waals surface area contributed by atoms with Gasteiger partial charge in [-0.15, -0.1) is 23.7 Å². The molecule has 1 aliphatic rings. The molecular weight excluding hydrogens is 348 g/mol. The molecule has 0 aliphatic carbocycles. The molecule has 0 saturated carbocycles. The Kier molecular flexibility index (Phi) is 7.27. The van der Waals surface area contributed by atoms with Crippen molar-refractivity contribution in [2.45, 2.75) is 30.7 Å². The fourth-order valence-corrected chi connectivity index (χ4v) is 5.33. The van der Waals surface area contributed by atoms with Gasteiger partial charge in [0.1, 0.15) is 4.88 Å². The molecule has 2 heterocycles. The van der Waals surface area contributed by atoms with Crippen molar-refractivity contribution in [1.82, 2.24) is 9.62 Å². The topological polar surface area (TPSA) is 75.7 Å². The van der Waals surface area contributed by atoms with E-state index in [0.29, 0.717) is 18.0 Å². The van der Waals surface area contributed by atoms with Gasteiger partial charge < -0.3 is 10.1 Å². The van der Waals surface area contributed by atoms with Gasteiger partial charge in [-0.2, -0.15) is 4.31 Å². The van der Waals surface area contributed by atoms with E-state index in [0.717, 1.165) is 30.7 Å². The summed E-state index contributed by atoms with van der Waals surface area (Å²) in [7, 11) is -2.29. The second kappa shape index (κ2) is 8.26. The lowest BCUT2D eigenvalue weighted by molar-refractivity contribution is 0.0606. The third-order valence-corrected chi connectivity index (χ3v) is 6.44. The Balaban J connectivity index is 0.00000242. The van der Waals surface area contributed by atoms with Gasteiger partial charge in [-0.3, -0.25) is 0 Å². The highest BCUT2D eigenvalue weighted by Crippen LogP contribution is 2.26. The summed E-state index contributed by atoms with van der Waals surface area (Å²) < 4.78 is 31.7. The van der Waals surface area contributed by atoms with E-state index in [9.17, 15) is 13.2 Å². The van der Waals surface area contributed by atoms with E-state index in [1.54, 1.807) is 4.31 Å². The number of methoxy groups -OCH3 is 1. The lowest BCUT2D eigenvalue weighted by Crippen LogP contribution is -2.41. The second-order valence-electron chi connectivity index (χ2n) is 4.90. The highest BCUT2D eigenvalue weighted by atomic mass is 35.5. The molecule has 22 heavy (non-hydrogen) atoms. The maximum absolute atomic E-state index is 12.8. The van der Waals surface area contributed by atoms with E-state index in [1.807, 2.05) is 6.92 Å². The minimum absolute atomic E-state index is 0. The van der Waals surface area contributed by atoms with E-state index in [-0.39, 0.29) is 23.3 Å². The van der Waals surface area contributed by atoms with Crippen LogP contribution in [0.3, 0.4) is 0 Å². The van der Waals surface area contributed by atoms with Gasteiger partial charge in [-0.25, -0.2) is 13.2 Å². The molecule has 0 aromatic carbocycles. The summed E-state index contributed by atoms with van der Waals surface area (Å²) in [6.45, 7) is 3.95. The summed E-state index contributed by atoms with van der Waals surface area (Å²) in [5.41, 5.74) is 0. The maximum atomic E-state index is 12.8. The lowest BCUT2D eigenvalue weighted by Gasteiger charge is -2.26. The van der Waals surface area contributed by atoms with Crippen molar-refractivity contribution in [3.63, 3.8) is 0 Å². The minimum Gasteiger partial charge on any atom is -0.465 e. The monoisotopic (exact) mass is 368 g/mol. The molecule has 2 rings (SSSR count). The molecule has 0 amide bonds. The van der Waals surface area contributed by atoms with Crippen molar-refractivity contribution >= 4 is 39.7 Å². The Labute approximate surface area is 141 Å². The molecule has 1 saturated heterocycles. The molecular formula is C13H21ClN2O4S2. The molecule has 9 heteroatoms. The van der Waals surface area contributed by atoms with Gasteiger partial charge in [-0.05, 0) is 25.5 Å². The smallest absolute Gasteiger partial charge is 0.348 e. The van der Waals surface area contributed by atoms with Gasteiger partial charge in [-0.1, -0.05) is 6.92 Å². The predicted octanol–water partition coefficient (Wildman–Crippen LogP) is 1.72. The van der Waals surface area contributed by atoms with Crippen LogP contribution in [0.1, 0.15) is 29.4 Å². The average molecular weight is 369 g/mol. The molecule has 6 nitrogen and oxygen atoms in total. The Hall–Kier alpha value is -0.670. The lowest BCUT2D eigenvalue weighted by atomic mass is 10.2. The van der Waals surface area contributed by atoms with E-state index in [2.05, 4.69) is 10.1 Å². The van der Waals surface area contributed by atoms with Gasteiger partial charge >= 0.3 is 5.97 Å². The predicted molar refractivity (Wildman–Crippen MR) is 88.4 cm³/mol. The average Bonchev–Trinajstić information content (AvgIpc) is 3.14. The zero-order chi connectivity index (χ0) is 15.5. The van der Waals surface area contributed by atoms with Crippen molar-refractivity contribution in [3.05, 3.63) is 16.3 Å². The van der Waals surface area contributed by atoms with Crippen molar-refractivity contribution in [1.29, 1.82) is 0 Å². The molecule has 1 atom stereocenters. The maximum Gasteiger partial charge on any atom is 0.348 e. The Morgan fingerprint density at radius 2 is 2.27 bits per heavy atom. The van der Waals surface area contributed by atoms with Crippen LogP contribution in [0.4, 0.5) is 0 Å². The molecule has 0 bridgehead atoms. The molecule has 1 fully saturated rings. The van der Waals surface area contributed by atoms with Crippen molar-refractivity contribution in [2.24, 2.45) is 0 Å². The number of carbonyl (C=O) groups excluding carboxylic acids is 1. The Bertz CT molecular complexity index is 597. The third kappa shape index (κ3) is 3.99. The van der Waals surface area contributed by atoms with Crippen LogP contribution in [0, 0.1) is 0 Å². The second-order valence-corrected chi connectivity index (χ2v) is 7.70. The molecule has 1 unspecified atom stereocenters. The van der Waals surface area contributed by atoms with Gasteiger partial charge in [0.2, 0.25) is 10.0 Å². The van der Waals surface area contributed by atoms with Crippen molar-refractivity contribution in [2.75, 3.05) is 26.7 Å². The van der Waals surface area contributed by atoms with Crippen LogP contribution in [0.25, 0.3) is 0 Å². The highest BCUT2D eigenvalue weighted by Gasteiger charge is 2.33. The standard InChI is InChI=1S/C13H20N2O4S2.ClH/c1-3-6-15(10-4-5-14-8-10)21(17,18)11-7-12(20-9-11)13(16)19-2;/h7,9-10,14H,3-6,8H2,1-2H3;1H. The van der Waals surface area contributed by atoms with Crippen molar-refractivity contribution < 1.29 is 17.9 Å². The van der Waals surface area contributed by atoms with E-state index in [1.165, 1.54) is 18.6 Å². The largest absolute Gasteiger partial charge is 0.465 e. The van der Waals surface area contributed by atoms with Gasteiger partial charge in [0.05, 0.1) is 12.0 Å². The number of hydrogen-bond donors (Lipinski definition) is 1. The number of halogens is 1. The van der Waals surface area contributed by atoms with Crippen molar-refractivity contribution in [3.8, 4) is 0 Å².